The molecule has 11 nitrogen and oxygen atoms in total. The van der Waals surface area contributed by atoms with Crippen LogP contribution >= 0.6 is 16.1 Å². The van der Waals surface area contributed by atoms with Gasteiger partial charge in [0.15, 0.2) is 0 Å². The highest BCUT2D eigenvalue weighted by Gasteiger charge is 2.46. The highest BCUT2D eigenvalue weighted by Crippen LogP contribution is 2.51. The molecule has 0 saturated carbocycles. The third kappa shape index (κ3) is 10.9. The second-order valence-corrected chi connectivity index (χ2v) is 12.4. The number of hydrogen-bond acceptors (Lipinski definition) is 10. The minimum Gasteiger partial charge on any atom is -0.374 e. The quantitative estimate of drug-likeness (QED) is 0.164. The smallest absolute Gasteiger partial charge is 0.353 e. The van der Waals surface area contributed by atoms with Gasteiger partial charge in [0.05, 0.1) is 25.1 Å². The Bertz CT molecular complexity index is 767. The number of nitriles is 1. The van der Waals surface area contributed by atoms with Crippen molar-refractivity contribution in [2.75, 3.05) is 34.0 Å². The molecule has 1 unspecified atom stereocenters. The van der Waals surface area contributed by atoms with Gasteiger partial charge in [0.1, 0.15) is 26.2 Å². The van der Waals surface area contributed by atoms with Gasteiger partial charge in [0, 0.05) is 52.2 Å². The van der Waals surface area contributed by atoms with Gasteiger partial charge in [-0.25, -0.2) is 4.67 Å². The van der Waals surface area contributed by atoms with Crippen LogP contribution in [0.2, 0.25) is 0 Å². The van der Waals surface area contributed by atoms with Crippen molar-refractivity contribution in [3.05, 3.63) is 11.9 Å². The maximum Gasteiger partial charge on any atom is 0.353 e. The van der Waals surface area contributed by atoms with E-state index in [0.29, 0.717) is 19.6 Å². The summed E-state index contributed by atoms with van der Waals surface area (Å²) in [6.07, 6.45) is 0.828. The number of amides is 1. The summed E-state index contributed by atoms with van der Waals surface area (Å²) in [5.74, 6) is 1.27. The van der Waals surface area contributed by atoms with Gasteiger partial charge < -0.3 is 32.9 Å². The van der Waals surface area contributed by atoms with Crippen LogP contribution in [0.5, 0.6) is 0 Å². The van der Waals surface area contributed by atoms with Crippen LogP contribution in [0.15, 0.2) is 11.9 Å². The van der Waals surface area contributed by atoms with Gasteiger partial charge in [-0.2, -0.15) is 5.26 Å². The normalized spacial score (nSPS) is 23.6. The molecule has 0 aromatic rings. The summed E-state index contributed by atoms with van der Waals surface area (Å²) in [4.78, 5) is 11.1. The zero-order chi connectivity index (χ0) is 27.3. The molecular formula is C22H42BN3O8P2. The molecule has 1 saturated heterocycles. The Morgan fingerprint density at radius 1 is 1.22 bits per heavy atom. The number of nitrogens with one attached hydrogen (secondary N) is 1. The highest BCUT2D eigenvalue weighted by molar-refractivity contribution is 7.57. The van der Waals surface area contributed by atoms with Crippen LogP contribution in [0.1, 0.15) is 47.5 Å². The van der Waals surface area contributed by atoms with Gasteiger partial charge in [0.25, 0.3) is 8.53 Å². The lowest BCUT2D eigenvalue weighted by Gasteiger charge is -2.38. The van der Waals surface area contributed by atoms with Gasteiger partial charge >= 0.3 is 7.60 Å². The Morgan fingerprint density at radius 2 is 1.86 bits per heavy atom. The van der Waals surface area contributed by atoms with E-state index in [1.165, 1.54) is 27.0 Å². The molecule has 0 bridgehead atoms. The fourth-order valence-electron chi connectivity index (χ4n) is 3.70. The van der Waals surface area contributed by atoms with Crippen LogP contribution in [-0.2, 0) is 36.9 Å². The maximum absolute atomic E-state index is 12.6. The highest BCUT2D eigenvalue weighted by atomic mass is 31.2. The summed E-state index contributed by atoms with van der Waals surface area (Å²) in [5.41, 5.74) is 0. The molecule has 14 heteroatoms. The average molecular weight is 549 g/mol. The van der Waals surface area contributed by atoms with E-state index in [1.807, 2.05) is 7.85 Å². The molecule has 1 N–H and O–H groups in total. The number of ether oxygens (including phenoxy) is 2. The lowest BCUT2D eigenvalue weighted by Crippen LogP contribution is -2.40. The molecule has 1 aliphatic heterocycles. The van der Waals surface area contributed by atoms with Crippen LogP contribution in [0.3, 0.4) is 0 Å². The van der Waals surface area contributed by atoms with Crippen molar-refractivity contribution < 1.29 is 36.9 Å². The van der Waals surface area contributed by atoms with Crippen molar-refractivity contribution in [3.63, 3.8) is 0 Å². The molecule has 1 aliphatic rings. The fraction of sp³-hybridized carbons (Fsp3) is 0.818. The Hall–Kier alpha value is -0.855. The molecule has 0 spiro atoms. The summed E-state index contributed by atoms with van der Waals surface area (Å²) >= 11 is 0. The fourth-order valence-corrected chi connectivity index (χ4v) is 6.23. The molecule has 1 heterocycles. The summed E-state index contributed by atoms with van der Waals surface area (Å²) in [6, 6.07) is 2.00. The monoisotopic (exact) mass is 549 g/mol. The molecule has 0 aromatic carbocycles. The van der Waals surface area contributed by atoms with E-state index in [-0.39, 0.29) is 37.0 Å². The lowest BCUT2D eigenvalue weighted by atomic mass is 9.93. The first-order chi connectivity index (χ1) is 17.0. The first kappa shape index (κ1) is 33.2. The number of hydrogen-bond donors (Lipinski definition) is 1. The Balaban J connectivity index is 3.20. The Labute approximate surface area is 218 Å². The molecule has 0 aromatic heterocycles. The second kappa shape index (κ2) is 16.9. The zero-order valence-electron chi connectivity index (χ0n) is 22.7. The van der Waals surface area contributed by atoms with Crippen molar-refractivity contribution in [2.45, 2.75) is 83.9 Å². The lowest BCUT2D eigenvalue weighted by molar-refractivity contribution is -0.119. The third-order valence-electron chi connectivity index (χ3n) is 5.33. The molecule has 1 amide bonds. The number of rotatable bonds is 17. The SMILES string of the molecule is B[C@@H]1O[C@H](/C=C/P(=O)(OC)OC)[C@@H](OP(OCCC#N)N(C(C)C)C(C)C)[C@H]1OCCCNC(C)=O. The Kier molecular flexibility index (Phi) is 15.6. The van der Waals surface area contributed by atoms with Crippen molar-refractivity contribution in [1.29, 1.82) is 5.26 Å². The first-order valence-corrected chi connectivity index (χ1v) is 14.9. The largest absolute Gasteiger partial charge is 0.374 e. The second-order valence-electron chi connectivity index (χ2n) is 8.84. The molecule has 1 fully saturated rings. The van der Waals surface area contributed by atoms with E-state index < -0.39 is 34.4 Å². The summed E-state index contributed by atoms with van der Waals surface area (Å²) in [7, 11) is -0.479. The molecule has 36 heavy (non-hydrogen) atoms. The van der Waals surface area contributed by atoms with E-state index in [1.54, 1.807) is 6.08 Å². The van der Waals surface area contributed by atoms with Crippen molar-refractivity contribution >= 4 is 29.9 Å². The maximum atomic E-state index is 12.6. The standard InChI is InChI=1S/C22H42BN3O8P2/c1-16(2)26(17(3)4)35(32-14-8-11-24)34-20-19(10-15-36(28,29-6)30-7)33-22(23)21(20)31-13-9-12-25-18(5)27/h10,15-17,19-22H,8-9,12-14,23H2,1-7H3,(H,25,27)/b15-10+/t19-,20-,21-,22-,35?/m1/s1. The molecule has 0 aliphatic carbocycles. The van der Waals surface area contributed by atoms with Crippen LogP contribution in [-0.4, -0.2) is 88.8 Å². The summed E-state index contributed by atoms with van der Waals surface area (Å²) in [5, 5.41) is 11.8. The van der Waals surface area contributed by atoms with Crippen molar-refractivity contribution in [3.8, 4) is 6.07 Å². The van der Waals surface area contributed by atoms with Gasteiger partial charge in [-0.05, 0) is 40.2 Å². The minimum absolute atomic E-state index is 0.0951. The van der Waals surface area contributed by atoms with E-state index >= 15 is 0 Å². The van der Waals surface area contributed by atoms with Crippen LogP contribution in [0, 0.1) is 11.3 Å². The first-order valence-electron chi connectivity index (χ1n) is 12.2. The predicted octanol–water partition coefficient (Wildman–Crippen LogP) is 2.92. The molecule has 0 radical (unpaired) electrons. The summed E-state index contributed by atoms with van der Waals surface area (Å²) in [6.45, 7) is 10.8. The average Bonchev–Trinajstić information content (AvgIpc) is 3.10. The number of carbonyl (C=O) groups excluding carboxylic acids is 1. The molecular weight excluding hydrogens is 507 g/mol. The number of carbonyl (C=O) groups is 1. The molecule has 206 valence electrons. The molecule has 5 atom stereocenters. The van der Waals surface area contributed by atoms with Crippen LogP contribution < -0.4 is 5.32 Å². The van der Waals surface area contributed by atoms with E-state index in [0.717, 1.165) is 0 Å². The molecule has 1 rings (SSSR count). The van der Waals surface area contributed by atoms with Gasteiger partial charge in [0.2, 0.25) is 5.91 Å². The number of nitrogens with zero attached hydrogens (tertiary/aromatic N) is 2. The van der Waals surface area contributed by atoms with Crippen molar-refractivity contribution in [1.82, 2.24) is 9.99 Å². The van der Waals surface area contributed by atoms with E-state index in [9.17, 15) is 9.36 Å². The van der Waals surface area contributed by atoms with Crippen molar-refractivity contribution in [2.24, 2.45) is 0 Å². The van der Waals surface area contributed by atoms with Crippen LogP contribution in [0.4, 0.5) is 0 Å². The minimum atomic E-state index is -3.42. The van der Waals surface area contributed by atoms with E-state index in [2.05, 4.69) is 43.8 Å². The third-order valence-corrected chi connectivity index (χ3v) is 9.01. The van der Waals surface area contributed by atoms with Gasteiger partial charge in [-0.1, -0.05) is 0 Å². The topological polar surface area (TPSA) is 129 Å². The van der Waals surface area contributed by atoms with Crippen LogP contribution in [0.25, 0.3) is 0 Å². The van der Waals surface area contributed by atoms with Gasteiger partial charge in [-0.15, -0.1) is 0 Å². The van der Waals surface area contributed by atoms with E-state index in [4.69, 9.17) is 32.8 Å². The Morgan fingerprint density at radius 3 is 2.39 bits per heavy atom. The zero-order valence-corrected chi connectivity index (χ0v) is 24.5. The predicted molar refractivity (Wildman–Crippen MR) is 141 cm³/mol. The summed E-state index contributed by atoms with van der Waals surface area (Å²) < 4.78 is 49.7. The van der Waals surface area contributed by atoms with Gasteiger partial charge in [-0.3, -0.25) is 9.36 Å².